The summed E-state index contributed by atoms with van der Waals surface area (Å²) < 4.78 is 5.43. The Hall–Kier alpha value is -3.87. The van der Waals surface area contributed by atoms with Crippen LogP contribution in [0.2, 0.25) is 0 Å². The van der Waals surface area contributed by atoms with Gasteiger partial charge in [0.25, 0.3) is 5.91 Å². The Morgan fingerprint density at radius 3 is 2.44 bits per heavy atom. The minimum absolute atomic E-state index is 0. The Kier molecular flexibility index (Phi) is 9.86. The fraction of sp³-hybridized carbons (Fsp3) is 0.345. The second-order valence-electron chi connectivity index (χ2n) is 8.95. The number of carbonyl (C=O) groups is 2. The molecule has 36 heavy (non-hydrogen) atoms. The quantitative estimate of drug-likeness (QED) is 0.443. The monoisotopic (exact) mass is 488 g/mol. The lowest BCUT2D eigenvalue weighted by atomic mass is 9.97. The number of amides is 2. The van der Waals surface area contributed by atoms with Gasteiger partial charge in [0, 0.05) is 37.9 Å². The molecule has 0 spiro atoms. The van der Waals surface area contributed by atoms with E-state index in [1.54, 1.807) is 23.2 Å². The first-order chi connectivity index (χ1) is 17.1. The average molecular weight is 489 g/mol. The fourth-order valence-corrected chi connectivity index (χ4v) is 4.04. The summed E-state index contributed by atoms with van der Waals surface area (Å²) in [5, 5.41) is 6.31. The number of ether oxygens (including phenoxy) is 1. The lowest BCUT2D eigenvalue weighted by Gasteiger charge is -2.31. The normalized spacial score (nSPS) is 13.4. The molecule has 2 heterocycles. The molecule has 0 atom stereocenters. The van der Waals surface area contributed by atoms with Gasteiger partial charge in [0.2, 0.25) is 0 Å². The molecule has 2 aromatic carbocycles. The van der Waals surface area contributed by atoms with Crippen LogP contribution in [0.3, 0.4) is 0 Å². The molecule has 3 aromatic rings. The van der Waals surface area contributed by atoms with Gasteiger partial charge in [-0.15, -0.1) is 0 Å². The van der Waals surface area contributed by atoms with Crippen molar-refractivity contribution in [3.8, 4) is 0 Å². The highest BCUT2D eigenvalue weighted by Crippen LogP contribution is 2.18. The number of piperidine rings is 1. The van der Waals surface area contributed by atoms with Crippen molar-refractivity contribution in [1.82, 2.24) is 15.2 Å². The van der Waals surface area contributed by atoms with Gasteiger partial charge in [-0.3, -0.25) is 4.79 Å². The number of benzene rings is 2. The van der Waals surface area contributed by atoms with Crippen LogP contribution >= 0.6 is 0 Å². The van der Waals surface area contributed by atoms with Gasteiger partial charge in [0.1, 0.15) is 12.4 Å². The maximum Gasteiger partial charge on any atom is 0.410 e. The molecular weight excluding hydrogens is 452 g/mol. The number of pyridine rings is 1. The Labute approximate surface area is 213 Å². The zero-order valence-corrected chi connectivity index (χ0v) is 20.1. The lowest BCUT2D eigenvalue weighted by molar-refractivity contribution is 0.0801. The molecule has 1 aromatic heterocycles. The summed E-state index contributed by atoms with van der Waals surface area (Å²) in [5.41, 5.74) is 3.93. The Morgan fingerprint density at radius 2 is 1.72 bits per heavy atom. The molecule has 1 aliphatic heterocycles. The summed E-state index contributed by atoms with van der Waals surface area (Å²) >= 11 is 0. The highest BCUT2D eigenvalue weighted by Gasteiger charge is 2.24. The number of likely N-dealkylation sites (tertiary alicyclic amines) is 1. The molecule has 0 saturated carbocycles. The van der Waals surface area contributed by atoms with Crippen LogP contribution in [0, 0.1) is 12.8 Å². The van der Waals surface area contributed by atoms with Crippen LogP contribution < -0.4 is 10.6 Å². The summed E-state index contributed by atoms with van der Waals surface area (Å²) in [7, 11) is 0. The Balaban J connectivity index is 0.00000361. The van der Waals surface area contributed by atoms with E-state index in [2.05, 4.69) is 46.8 Å². The molecule has 1 saturated heterocycles. The smallest absolute Gasteiger partial charge is 0.410 e. The predicted octanol–water partition coefficient (Wildman–Crippen LogP) is 5.42. The van der Waals surface area contributed by atoms with Crippen molar-refractivity contribution in [2.45, 2.75) is 40.3 Å². The van der Waals surface area contributed by atoms with Crippen LogP contribution in [0.15, 0.2) is 72.9 Å². The molecule has 2 N–H and O–H groups in total. The van der Waals surface area contributed by atoms with E-state index < -0.39 is 0 Å². The number of aryl methyl sites for hydroxylation is 1. The van der Waals surface area contributed by atoms with E-state index in [0.29, 0.717) is 43.5 Å². The molecule has 4 rings (SSSR count). The number of rotatable bonds is 8. The summed E-state index contributed by atoms with van der Waals surface area (Å²) in [5.74, 6) is 0.883. The molecule has 0 bridgehead atoms. The largest absolute Gasteiger partial charge is 0.445 e. The molecule has 0 radical (unpaired) electrons. The third kappa shape index (κ3) is 7.83. The highest BCUT2D eigenvalue weighted by molar-refractivity contribution is 5.94. The van der Waals surface area contributed by atoms with Crippen LogP contribution in [0.4, 0.5) is 10.6 Å². The van der Waals surface area contributed by atoms with Gasteiger partial charge in [0.05, 0.1) is 0 Å². The van der Waals surface area contributed by atoms with Crippen molar-refractivity contribution >= 4 is 17.8 Å². The highest BCUT2D eigenvalue weighted by atomic mass is 16.6. The first-order valence-electron chi connectivity index (χ1n) is 12.1. The minimum Gasteiger partial charge on any atom is -0.445 e. The predicted molar refractivity (Wildman–Crippen MR) is 143 cm³/mol. The van der Waals surface area contributed by atoms with Crippen LogP contribution in [0.25, 0.3) is 0 Å². The summed E-state index contributed by atoms with van der Waals surface area (Å²) in [6.45, 7) is 4.84. The van der Waals surface area contributed by atoms with E-state index in [9.17, 15) is 9.59 Å². The van der Waals surface area contributed by atoms with Crippen molar-refractivity contribution in [3.63, 3.8) is 0 Å². The molecular formula is C29H36N4O3. The van der Waals surface area contributed by atoms with Crippen LogP contribution in [-0.2, 0) is 17.9 Å². The lowest BCUT2D eigenvalue weighted by Crippen LogP contribution is -2.41. The molecule has 1 aliphatic rings. The SMILES string of the molecule is C.Cc1ccc(CNc2cc(C(=O)NCC3CCN(C(=O)OCc4ccccc4)CC3)ccn2)cc1. The standard InChI is InChI=1S/C28H32N4O3.CH4/c1-21-7-9-22(10-8-21)18-30-26-17-25(11-14-29-26)27(33)31-19-23-12-15-32(16-13-23)28(34)35-20-24-5-3-2-4-6-24;/h2-11,14,17,23H,12-13,15-16,18-20H2,1H3,(H,29,30)(H,31,33);1H4. The Bertz CT molecular complexity index is 1110. The number of hydrogen-bond donors (Lipinski definition) is 2. The van der Waals surface area contributed by atoms with Crippen molar-refractivity contribution < 1.29 is 14.3 Å². The molecule has 7 nitrogen and oxygen atoms in total. The number of nitrogens with one attached hydrogen (secondary N) is 2. The number of carbonyl (C=O) groups excluding carboxylic acids is 2. The maximum absolute atomic E-state index is 12.7. The molecule has 2 amide bonds. The van der Waals surface area contributed by atoms with E-state index >= 15 is 0 Å². The zero-order chi connectivity index (χ0) is 24.5. The third-order valence-electron chi connectivity index (χ3n) is 6.25. The topological polar surface area (TPSA) is 83.6 Å². The van der Waals surface area contributed by atoms with Crippen molar-refractivity contribution in [3.05, 3.63) is 95.2 Å². The van der Waals surface area contributed by atoms with Gasteiger partial charge in [0.15, 0.2) is 0 Å². The molecule has 0 aliphatic carbocycles. The van der Waals surface area contributed by atoms with Gasteiger partial charge in [-0.2, -0.15) is 0 Å². The van der Waals surface area contributed by atoms with E-state index in [1.807, 2.05) is 30.3 Å². The molecule has 0 unspecified atom stereocenters. The van der Waals surface area contributed by atoms with Crippen molar-refractivity contribution in [2.75, 3.05) is 25.0 Å². The second kappa shape index (κ2) is 13.3. The van der Waals surface area contributed by atoms with Crippen molar-refractivity contribution in [1.29, 1.82) is 0 Å². The molecule has 190 valence electrons. The zero-order valence-electron chi connectivity index (χ0n) is 20.1. The van der Waals surface area contributed by atoms with E-state index in [-0.39, 0.29) is 26.0 Å². The minimum atomic E-state index is -0.279. The summed E-state index contributed by atoms with van der Waals surface area (Å²) in [6.07, 6.45) is 3.03. The number of aromatic nitrogens is 1. The van der Waals surface area contributed by atoms with Crippen LogP contribution in [-0.4, -0.2) is 41.5 Å². The van der Waals surface area contributed by atoms with E-state index in [4.69, 9.17) is 4.74 Å². The van der Waals surface area contributed by atoms with Crippen LogP contribution in [0.5, 0.6) is 0 Å². The van der Waals surface area contributed by atoms with Gasteiger partial charge in [-0.25, -0.2) is 9.78 Å². The first kappa shape index (κ1) is 26.7. The first-order valence-corrected chi connectivity index (χ1v) is 12.1. The number of nitrogens with zero attached hydrogens (tertiary/aromatic N) is 2. The van der Waals surface area contributed by atoms with E-state index in [1.165, 1.54) is 5.56 Å². The molecule has 1 fully saturated rings. The van der Waals surface area contributed by atoms with Crippen LogP contribution in [0.1, 0.15) is 47.3 Å². The average Bonchev–Trinajstić information content (AvgIpc) is 2.91. The van der Waals surface area contributed by atoms with E-state index in [0.717, 1.165) is 24.0 Å². The summed E-state index contributed by atoms with van der Waals surface area (Å²) in [6, 6.07) is 21.5. The second-order valence-corrected chi connectivity index (χ2v) is 8.95. The van der Waals surface area contributed by atoms with Gasteiger partial charge >= 0.3 is 6.09 Å². The van der Waals surface area contributed by atoms with Gasteiger partial charge in [-0.05, 0) is 48.9 Å². The van der Waals surface area contributed by atoms with Gasteiger partial charge < -0.3 is 20.3 Å². The Morgan fingerprint density at radius 1 is 1.00 bits per heavy atom. The number of anilines is 1. The summed E-state index contributed by atoms with van der Waals surface area (Å²) in [4.78, 5) is 31.1. The van der Waals surface area contributed by atoms with Crippen molar-refractivity contribution in [2.24, 2.45) is 5.92 Å². The fourth-order valence-electron chi connectivity index (χ4n) is 4.04. The van der Waals surface area contributed by atoms with Gasteiger partial charge in [-0.1, -0.05) is 67.6 Å². The maximum atomic E-state index is 12.7. The third-order valence-corrected chi connectivity index (χ3v) is 6.25. The number of hydrogen-bond acceptors (Lipinski definition) is 5. The molecule has 7 heteroatoms.